The van der Waals surface area contributed by atoms with E-state index in [0.29, 0.717) is 5.92 Å². The van der Waals surface area contributed by atoms with Gasteiger partial charge in [-0.25, -0.2) is 0 Å². The predicted octanol–water partition coefficient (Wildman–Crippen LogP) is 2.69. The first-order chi connectivity index (χ1) is 7.18. The summed E-state index contributed by atoms with van der Waals surface area (Å²) in [7, 11) is 0. The second-order valence-electron chi connectivity index (χ2n) is 4.57. The van der Waals surface area contributed by atoms with Crippen LogP contribution in [0.25, 0.3) is 0 Å². The number of hydrogen-bond donors (Lipinski definition) is 0. The van der Waals surface area contributed by atoms with E-state index in [1.54, 1.807) is 0 Å². The van der Waals surface area contributed by atoms with Crippen LogP contribution in [0.2, 0.25) is 0 Å². The van der Waals surface area contributed by atoms with Crippen molar-refractivity contribution in [1.29, 1.82) is 0 Å². The summed E-state index contributed by atoms with van der Waals surface area (Å²) in [6, 6.07) is 7.90. The largest absolute Gasteiger partial charge is 0.334 e. The third-order valence-corrected chi connectivity index (χ3v) is 2.87. The molecule has 0 N–H and O–H groups in total. The highest BCUT2D eigenvalue weighted by molar-refractivity contribution is 5.98. The fourth-order valence-corrected chi connectivity index (χ4v) is 1.91. The molecule has 0 radical (unpaired) electrons. The second kappa shape index (κ2) is 4.05. The second-order valence-corrected chi connectivity index (χ2v) is 4.57. The molecule has 2 rings (SSSR count). The molecule has 2 nitrogen and oxygen atoms in total. The van der Waals surface area contributed by atoms with Crippen molar-refractivity contribution in [3.05, 3.63) is 35.4 Å². The molecule has 80 valence electrons. The Bertz CT molecular complexity index is 371. The molecular weight excluding hydrogens is 186 g/mol. The van der Waals surface area contributed by atoms with Crippen molar-refractivity contribution < 1.29 is 4.79 Å². The molecule has 2 heteroatoms. The summed E-state index contributed by atoms with van der Waals surface area (Å²) < 4.78 is 0. The first kappa shape index (κ1) is 10.2. The number of hydrogen-bond acceptors (Lipinski definition) is 1. The van der Waals surface area contributed by atoms with Gasteiger partial charge in [-0.05, 0) is 24.0 Å². The number of carbonyl (C=O) groups is 1. The lowest BCUT2D eigenvalue weighted by Crippen LogP contribution is -2.25. The minimum absolute atomic E-state index is 0.200. The highest BCUT2D eigenvalue weighted by Gasteiger charge is 2.25. The fourth-order valence-electron chi connectivity index (χ4n) is 1.91. The summed E-state index contributed by atoms with van der Waals surface area (Å²) in [5.74, 6) is 0.854. The van der Waals surface area contributed by atoms with Crippen LogP contribution in [0.15, 0.2) is 24.3 Å². The van der Waals surface area contributed by atoms with E-state index in [2.05, 4.69) is 13.8 Å². The molecule has 0 fully saturated rings. The lowest BCUT2D eigenvalue weighted by Gasteiger charge is -2.16. The maximum Gasteiger partial charge on any atom is 0.254 e. The van der Waals surface area contributed by atoms with E-state index in [4.69, 9.17) is 0 Å². The van der Waals surface area contributed by atoms with Gasteiger partial charge in [-0.15, -0.1) is 0 Å². The summed E-state index contributed by atoms with van der Waals surface area (Å²) >= 11 is 0. The van der Waals surface area contributed by atoms with Crippen molar-refractivity contribution in [3.63, 3.8) is 0 Å². The number of benzene rings is 1. The first-order valence-electron chi connectivity index (χ1n) is 5.55. The lowest BCUT2D eigenvalue weighted by molar-refractivity contribution is 0.0771. The minimum atomic E-state index is 0.200. The van der Waals surface area contributed by atoms with Crippen molar-refractivity contribution in [2.45, 2.75) is 26.8 Å². The minimum Gasteiger partial charge on any atom is -0.334 e. The maximum atomic E-state index is 11.9. The zero-order valence-electron chi connectivity index (χ0n) is 9.36. The van der Waals surface area contributed by atoms with Crippen LogP contribution in [-0.2, 0) is 6.54 Å². The molecule has 1 aromatic carbocycles. The number of fused-ring (bicyclic) bond motifs is 1. The highest BCUT2D eigenvalue weighted by Crippen LogP contribution is 2.22. The van der Waals surface area contributed by atoms with E-state index >= 15 is 0 Å². The van der Waals surface area contributed by atoms with Gasteiger partial charge in [0.25, 0.3) is 5.91 Å². The van der Waals surface area contributed by atoms with Crippen LogP contribution in [0.5, 0.6) is 0 Å². The Kier molecular flexibility index (Phi) is 2.76. The Hall–Kier alpha value is -1.31. The Labute approximate surface area is 90.9 Å². The van der Waals surface area contributed by atoms with Crippen LogP contribution in [-0.4, -0.2) is 17.4 Å². The summed E-state index contributed by atoms with van der Waals surface area (Å²) in [5.41, 5.74) is 2.06. The van der Waals surface area contributed by atoms with Gasteiger partial charge in [-0.2, -0.15) is 0 Å². The average Bonchev–Trinajstić information content (AvgIpc) is 2.54. The highest BCUT2D eigenvalue weighted by atomic mass is 16.2. The molecule has 0 spiro atoms. The van der Waals surface area contributed by atoms with Gasteiger partial charge in [0.1, 0.15) is 0 Å². The van der Waals surface area contributed by atoms with E-state index < -0.39 is 0 Å². The van der Waals surface area contributed by atoms with Crippen LogP contribution in [0.1, 0.15) is 36.2 Å². The fraction of sp³-hybridized carbons (Fsp3) is 0.462. The van der Waals surface area contributed by atoms with Gasteiger partial charge in [0.05, 0.1) is 0 Å². The summed E-state index contributed by atoms with van der Waals surface area (Å²) in [4.78, 5) is 13.9. The van der Waals surface area contributed by atoms with Crippen LogP contribution >= 0.6 is 0 Å². The molecular formula is C13H17NO. The monoisotopic (exact) mass is 203 g/mol. The van der Waals surface area contributed by atoms with Gasteiger partial charge >= 0.3 is 0 Å². The van der Waals surface area contributed by atoms with Crippen molar-refractivity contribution in [1.82, 2.24) is 4.90 Å². The molecule has 1 aromatic rings. The molecule has 15 heavy (non-hydrogen) atoms. The normalized spacial score (nSPS) is 14.9. The van der Waals surface area contributed by atoms with Crippen molar-refractivity contribution in [2.24, 2.45) is 5.92 Å². The van der Waals surface area contributed by atoms with Crippen LogP contribution in [0.3, 0.4) is 0 Å². The molecule has 0 saturated heterocycles. The van der Waals surface area contributed by atoms with Crippen LogP contribution < -0.4 is 0 Å². The summed E-state index contributed by atoms with van der Waals surface area (Å²) in [6.45, 7) is 6.05. The SMILES string of the molecule is CC(C)CCN1Cc2ccccc2C1=O. The maximum absolute atomic E-state index is 11.9. The van der Waals surface area contributed by atoms with Crippen LogP contribution in [0.4, 0.5) is 0 Å². The topological polar surface area (TPSA) is 20.3 Å². The molecule has 0 unspecified atom stereocenters. The van der Waals surface area contributed by atoms with Gasteiger partial charge in [-0.3, -0.25) is 4.79 Å². The van der Waals surface area contributed by atoms with Crippen molar-refractivity contribution in [3.8, 4) is 0 Å². The third kappa shape index (κ3) is 2.04. The smallest absolute Gasteiger partial charge is 0.254 e. The standard InChI is InChI=1S/C13H17NO/c1-10(2)7-8-14-9-11-5-3-4-6-12(11)13(14)15/h3-6,10H,7-9H2,1-2H3. The van der Waals surface area contributed by atoms with Gasteiger partial charge in [-0.1, -0.05) is 32.0 Å². The van der Waals surface area contributed by atoms with E-state index in [1.165, 1.54) is 5.56 Å². The Morgan fingerprint density at radius 1 is 1.33 bits per heavy atom. The zero-order valence-corrected chi connectivity index (χ0v) is 9.36. The van der Waals surface area contributed by atoms with E-state index in [9.17, 15) is 4.79 Å². The summed E-state index contributed by atoms with van der Waals surface area (Å²) in [6.07, 6.45) is 1.08. The molecule has 0 atom stereocenters. The Morgan fingerprint density at radius 2 is 2.07 bits per heavy atom. The quantitative estimate of drug-likeness (QED) is 0.739. The predicted molar refractivity (Wildman–Crippen MR) is 60.6 cm³/mol. The number of carbonyl (C=O) groups excluding carboxylic acids is 1. The molecule has 0 aliphatic carbocycles. The Balaban J connectivity index is 2.07. The van der Waals surface area contributed by atoms with E-state index in [-0.39, 0.29) is 5.91 Å². The van der Waals surface area contributed by atoms with E-state index in [1.807, 2.05) is 29.2 Å². The molecule has 0 saturated carbocycles. The number of rotatable bonds is 3. The van der Waals surface area contributed by atoms with Gasteiger partial charge < -0.3 is 4.90 Å². The van der Waals surface area contributed by atoms with Gasteiger partial charge in [0.2, 0.25) is 0 Å². The zero-order chi connectivity index (χ0) is 10.8. The average molecular weight is 203 g/mol. The number of nitrogens with zero attached hydrogens (tertiary/aromatic N) is 1. The molecule has 1 heterocycles. The van der Waals surface area contributed by atoms with Gasteiger partial charge in [0.15, 0.2) is 0 Å². The molecule has 1 aliphatic heterocycles. The molecule has 0 aromatic heterocycles. The molecule has 1 aliphatic rings. The van der Waals surface area contributed by atoms with Crippen LogP contribution in [0, 0.1) is 5.92 Å². The number of amides is 1. The first-order valence-corrected chi connectivity index (χ1v) is 5.55. The van der Waals surface area contributed by atoms with E-state index in [0.717, 1.165) is 25.1 Å². The van der Waals surface area contributed by atoms with Gasteiger partial charge in [0, 0.05) is 18.7 Å². The lowest BCUT2D eigenvalue weighted by atomic mass is 10.1. The third-order valence-electron chi connectivity index (χ3n) is 2.87. The van der Waals surface area contributed by atoms with Crippen molar-refractivity contribution >= 4 is 5.91 Å². The summed E-state index contributed by atoms with van der Waals surface area (Å²) in [5, 5.41) is 0. The van der Waals surface area contributed by atoms with Crippen molar-refractivity contribution in [2.75, 3.05) is 6.54 Å². The molecule has 1 amide bonds. The Morgan fingerprint density at radius 3 is 2.73 bits per heavy atom. The molecule has 0 bridgehead atoms.